The fraction of sp³-hybridized carbons (Fsp3) is 0.111. The standard InChI is InChI=1S/C36H29N2O4/c1-24-37(30-11-5-6-12-31(30)38(24)23-32(39)25-15-17-28(40-2)18-16-25)20-19-29(35-21-26-9-3-7-13-33(26)41-35)36-22-27-10-4-8-14-34(27)42-36/h3-19,21-22H,20,23H2,1-2H3/q+1. The third-order valence-electron chi connectivity index (χ3n) is 7.82. The molecule has 0 saturated carbocycles. The summed E-state index contributed by atoms with van der Waals surface area (Å²) in [5.74, 6) is 3.22. The Morgan fingerprint density at radius 3 is 2.02 bits per heavy atom. The number of hydrogen-bond acceptors (Lipinski definition) is 4. The fourth-order valence-electron chi connectivity index (χ4n) is 5.59. The van der Waals surface area contributed by atoms with Crippen molar-refractivity contribution in [2.45, 2.75) is 20.0 Å². The van der Waals surface area contributed by atoms with E-state index in [1.165, 1.54) is 0 Å². The Bertz CT molecular complexity index is 1970. The van der Waals surface area contributed by atoms with Crippen LogP contribution in [0.3, 0.4) is 0 Å². The second kappa shape index (κ2) is 10.6. The number of furan rings is 2. The number of allylic oxidation sites excluding steroid dienone is 1. The minimum atomic E-state index is 0.0365. The van der Waals surface area contributed by atoms with Crippen LogP contribution < -0.4 is 9.30 Å². The van der Waals surface area contributed by atoms with Gasteiger partial charge < -0.3 is 13.6 Å². The van der Waals surface area contributed by atoms with E-state index in [9.17, 15) is 4.79 Å². The molecule has 206 valence electrons. The van der Waals surface area contributed by atoms with Crippen LogP contribution in [-0.4, -0.2) is 17.5 Å². The van der Waals surface area contributed by atoms with Crippen LogP contribution in [0.4, 0.5) is 0 Å². The van der Waals surface area contributed by atoms with Gasteiger partial charge in [0.1, 0.15) is 35.0 Å². The van der Waals surface area contributed by atoms with E-state index in [-0.39, 0.29) is 12.3 Å². The molecule has 6 heteroatoms. The molecule has 0 aliphatic heterocycles. The van der Waals surface area contributed by atoms with Gasteiger partial charge >= 0.3 is 0 Å². The van der Waals surface area contributed by atoms with Gasteiger partial charge in [-0.15, -0.1) is 0 Å². The largest absolute Gasteiger partial charge is 0.497 e. The zero-order valence-corrected chi connectivity index (χ0v) is 23.4. The van der Waals surface area contributed by atoms with Gasteiger partial charge in [-0.2, -0.15) is 0 Å². The number of ketones is 1. The fourth-order valence-corrected chi connectivity index (χ4v) is 5.59. The van der Waals surface area contributed by atoms with E-state index in [0.29, 0.717) is 12.1 Å². The van der Waals surface area contributed by atoms with E-state index in [0.717, 1.165) is 61.6 Å². The number of rotatable bonds is 8. The van der Waals surface area contributed by atoms with Crippen LogP contribution in [-0.2, 0) is 13.1 Å². The molecule has 42 heavy (non-hydrogen) atoms. The number of hydrogen-bond donors (Lipinski definition) is 0. The molecule has 7 rings (SSSR count). The van der Waals surface area contributed by atoms with Crippen LogP contribution in [0, 0.1) is 6.92 Å². The molecule has 0 bridgehead atoms. The number of aromatic nitrogens is 2. The van der Waals surface area contributed by atoms with Crippen molar-refractivity contribution in [1.29, 1.82) is 0 Å². The van der Waals surface area contributed by atoms with E-state index in [2.05, 4.69) is 46.4 Å². The lowest BCUT2D eigenvalue weighted by Crippen LogP contribution is -2.40. The smallest absolute Gasteiger partial charge is 0.254 e. The number of carbonyl (C=O) groups is 1. The van der Waals surface area contributed by atoms with Gasteiger partial charge in [0.2, 0.25) is 5.78 Å². The van der Waals surface area contributed by atoms with Crippen molar-refractivity contribution >= 4 is 44.3 Å². The number of nitrogens with zero attached hydrogens (tertiary/aromatic N) is 2. The van der Waals surface area contributed by atoms with Gasteiger partial charge in [0.05, 0.1) is 12.7 Å². The third-order valence-corrected chi connectivity index (χ3v) is 7.82. The minimum absolute atomic E-state index is 0.0365. The Kier molecular flexibility index (Phi) is 6.44. The van der Waals surface area contributed by atoms with Crippen LogP contribution in [0.1, 0.15) is 27.7 Å². The molecule has 3 aromatic heterocycles. The second-order valence-electron chi connectivity index (χ2n) is 10.3. The average Bonchev–Trinajstić information content (AvgIpc) is 3.72. The zero-order chi connectivity index (χ0) is 28.6. The first-order chi connectivity index (χ1) is 20.6. The maximum Gasteiger partial charge on any atom is 0.254 e. The van der Waals surface area contributed by atoms with E-state index in [1.807, 2.05) is 84.9 Å². The number of fused-ring (bicyclic) bond motifs is 3. The first-order valence-corrected chi connectivity index (χ1v) is 13.9. The lowest BCUT2D eigenvalue weighted by molar-refractivity contribution is -0.664. The summed E-state index contributed by atoms with van der Waals surface area (Å²) < 4.78 is 22.2. The molecular formula is C36H29N2O4+. The summed E-state index contributed by atoms with van der Waals surface area (Å²) in [6.07, 6.45) is 2.14. The molecule has 0 fully saturated rings. The molecule has 0 aliphatic rings. The number of ether oxygens (including phenoxy) is 1. The Hall–Kier alpha value is -5.36. The second-order valence-corrected chi connectivity index (χ2v) is 10.3. The predicted molar refractivity (Wildman–Crippen MR) is 164 cm³/mol. The number of para-hydroxylation sites is 4. The molecule has 0 radical (unpaired) electrons. The van der Waals surface area contributed by atoms with Crippen molar-refractivity contribution in [2.75, 3.05) is 7.11 Å². The SMILES string of the molecule is COc1ccc(C(=O)C[n+]2c(C)n(CC=C(c3cc4ccccc4o3)c3cc4ccccc4o3)c3ccccc32)cc1. The topological polar surface area (TPSA) is 61.4 Å². The first-order valence-electron chi connectivity index (χ1n) is 13.9. The summed E-state index contributed by atoms with van der Waals surface area (Å²) in [6.45, 7) is 2.84. The van der Waals surface area contributed by atoms with Gasteiger partial charge in [-0.05, 0) is 66.7 Å². The first kappa shape index (κ1) is 25.6. The minimum Gasteiger partial charge on any atom is -0.497 e. The summed E-state index contributed by atoms with van der Waals surface area (Å²) in [6, 6.07) is 35.6. The number of imidazole rings is 1. The third kappa shape index (κ3) is 4.57. The molecule has 0 aliphatic carbocycles. The number of Topliss-reactive ketones (excluding diaryl/α,β-unsaturated/α-hetero) is 1. The molecule has 0 spiro atoms. The quantitative estimate of drug-likeness (QED) is 0.143. The van der Waals surface area contributed by atoms with Crippen LogP contribution in [0.15, 0.2) is 124 Å². The number of carbonyl (C=O) groups excluding carboxylic acids is 1. The zero-order valence-electron chi connectivity index (χ0n) is 23.4. The average molecular weight is 554 g/mol. The number of methoxy groups -OCH3 is 1. The van der Waals surface area contributed by atoms with E-state index < -0.39 is 0 Å². The van der Waals surface area contributed by atoms with Crippen LogP contribution in [0.2, 0.25) is 0 Å². The maximum atomic E-state index is 13.3. The van der Waals surface area contributed by atoms with Crippen LogP contribution in [0.5, 0.6) is 5.75 Å². The van der Waals surface area contributed by atoms with Crippen molar-refractivity contribution < 1.29 is 22.9 Å². The van der Waals surface area contributed by atoms with Crippen molar-refractivity contribution in [1.82, 2.24) is 4.57 Å². The van der Waals surface area contributed by atoms with Crippen molar-refractivity contribution in [3.63, 3.8) is 0 Å². The van der Waals surface area contributed by atoms with Gasteiger partial charge in [-0.1, -0.05) is 48.5 Å². The van der Waals surface area contributed by atoms with E-state index in [1.54, 1.807) is 7.11 Å². The van der Waals surface area contributed by atoms with Gasteiger partial charge in [-0.25, -0.2) is 9.13 Å². The van der Waals surface area contributed by atoms with E-state index in [4.69, 9.17) is 13.6 Å². The van der Waals surface area contributed by atoms with Crippen molar-refractivity contribution in [2.24, 2.45) is 0 Å². The molecule has 4 aromatic carbocycles. The van der Waals surface area contributed by atoms with Crippen LogP contribution in [0.25, 0.3) is 38.5 Å². The highest BCUT2D eigenvalue weighted by atomic mass is 16.5. The predicted octanol–water partition coefficient (Wildman–Crippen LogP) is 7.75. The molecular weight excluding hydrogens is 524 g/mol. The summed E-state index contributed by atoms with van der Waals surface area (Å²) >= 11 is 0. The highest BCUT2D eigenvalue weighted by Crippen LogP contribution is 2.33. The van der Waals surface area contributed by atoms with Gasteiger partial charge in [0.25, 0.3) is 5.82 Å². The monoisotopic (exact) mass is 553 g/mol. The summed E-state index contributed by atoms with van der Waals surface area (Å²) in [5.41, 5.74) is 5.22. The molecule has 3 heterocycles. The van der Waals surface area contributed by atoms with Crippen molar-refractivity contribution in [3.05, 3.63) is 138 Å². The molecule has 0 unspecified atom stereocenters. The van der Waals surface area contributed by atoms with Gasteiger partial charge in [-0.3, -0.25) is 4.79 Å². The Balaban J connectivity index is 1.30. The maximum absolute atomic E-state index is 13.3. The van der Waals surface area contributed by atoms with Crippen molar-refractivity contribution in [3.8, 4) is 5.75 Å². The normalized spacial score (nSPS) is 11.4. The number of benzene rings is 4. The molecule has 6 nitrogen and oxygen atoms in total. The lowest BCUT2D eigenvalue weighted by Gasteiger charge is -2.04. The molecule has 0 N–H and O–H groups in total. The summed E-state index contributed by atoms with van der Waals surface area (Å²) in [5, 5.41) is 2.07. The van der Waals surface area contributed by atoms with Crippen LogP contribution >= 0.6 is 0 Å². The summed E-state index contributed by atoms with van der Waals surface area (Å²) in [7, 11) is 1.62. The highest BCUT2D eigenvalue weighted by Gasteiger charge is 2.24. The molecule has 0 saturated heterocycles. The molecule has 0 atom stereocenters. The van der Waals surface area contributed by atoms with E-state index >= 15 is 0 Å². The Labute approximate surface area is 242 Å². The molecule has 7 aromatic rings. The van der Waals surface area contributed by atoms with Gasteiger partial charge in [0, 0.05) is 23.3 Å². The Morgan fingerprint density at radius 1 is 0.810 bits per heavy atom. The molecule has 0 amide bonds. The Morgan fingerprint density at radius 2 is 1.40 bits per heavy atom. The lowest BCUT2D eigenvalue weighted by atomic mass is 10.1. The summed E-state index contributed by atoms with van der Waals surface area (Å²) in [4.78, 5) is 13.3. The highest BCUT2D eigenvalue weighted by molar-refractivity contribution is 5.95. The van der Waals surface area contributed by atoms with Gasteiger partial charge in [0.15, 0.2) is 17.6 Å².